The van der Waals surface area contributed by atoms with Crippen LogP contribution >= 0.6 is 0 Å². The zero-order valence-corrected chi connectivity index (χ0v) is 11.3. The Kier molecular flexibility index (Phi) is 3.14. The van der Waals surface area contributed by atoms with Gasteiger partial charge in [0.2, 0.25) is 0 Å². The van der Waals surface area contributed by atoms with Gasteiger partial charge >= 0.3 is 5.97 Å². The number of hydrogen-bond donors (Lipinski definition) is 1. The Balaban J connectivity index is 2.09. The van der Waals surface area contributed by atoms with E-state index in [4.69, 9.17) is 5.11 Å². The highest BCUT2D eigenvalue weighted by atomic mass is 16.4. The van der Waals surface area contributed by atoms with Gasteiger partial charge in [-0.3, -0.25) is 0 Å². The summed E-state index contributed by atoms with van der Waals surface area (Å²) in [6.07, 6.45) is 3.64. The third kappa shape index (κ3) is 2.13. The first-order valence-electron chi connectivity index (χ1n) is 6.73. The van der Waals surface area contributed by atoms with Crippen LogP contribution in [0.2, 0.25) is 0 Å². The summed E-state index contributed by atoms with van der Waals surface area (Å²) in [6.45, 7) is 2.14. The van der Waals surface area contributed by atoms with E-state index in [9.17, 15) is 4.79 Å². The second-order valence-corrected chi connectivity index (χ2v) is 5.09. The van der Waals surface area contributed by atoms with Crippen molar-refractivity contribution in [2.45, 2.75) is 25.8 Å². The van der Waals surface area contributed by atoms with E-state index >= 15 is 0 Å². The van der Waals surface area contributed by atoms with Gasteiger partial charge in [-0.2, -0.15) is 0 Å². The first-order valence-corrected chi connectivity index (χ1v) is 6.73. The van der Waals surface area contributed by atoms with Gasteiger partial charge in [-0.15, -0.1) is 0 Å². The standard InChI is InChI=1S/C16H16N2O2/c1-11-6-7-12-4-2-3-5-14(12)18(11)15-10-13(16(19)20)8-9-17-15/h2-5,8-11H,6-7H2,1H3,(H,19,20). The maximum atomic E-state index is 11.1. The number of rotatable bonds is 2. The van der Waals surface area contributed by atoms with E-state index in [-0.39, 0.29) is 5.56 Å². The number of aromatic nitrogens is 1. The van der Waals surface area contributed by atoms with Crippen LogP contribution in [0.5, 0.6) is 0 Å². The number of benzene rings is 1. The number of carboxylic acid groups (broad SMARTS) is 1. The van der Waals surface area contributed by atoms with Crippen LogP contribution < -0.4 is 4.90 Å². The van der Waals surface area contributed by atoms with E-state index in [0.717, 1.165) is 18.5 Å². The van der Waals surface area contributed by atoms with E-state index < -0.39 is 5.97 Å². The van der Waals surface area contributed by atoms with Gasteiger partial charge in [0, 0.05) is 17.9 Å². The van der Waals surface area contributed by atoms with Crippen LogP contribution in [0.4, 0.5) is 11.5 Å². The molecule has 3 rings (SSSR count). The van der Waals surface area contributed by atoms with Crippen molar-refractivity contribution < 1.29 is 9.90 Å². The Bertz CT molecular complexity index is 654. The highest BCUT2D eigenvalue weighted by Crippen LogP contribution is 2.35. The van der Waals surface area contributed by atoms with Gasteiger partial charge in [-0.25, -0.2) is 9.78 Å². The zero-order valence-electron chi connectivity index (χ0n) is 11.3. The Morgan fingerprint density at radius 2 is 2.15 bits per heavy atom. The smallest absolute Gasteiger partial charge is 0.335 e. The van der Waals surface area contributed by atoms with Crippen LogP contribution in [0.1, 0.15) is 29.3 Å². The van der Waals surface area contributed by atoms with Gasteiger partial charge in [0.1, 0.15) is 5.82 Å². The predicted octanol–water partition coefficient (Wildman–Crippen LogP) is 3.25. The normalized spacial score (nSPS) is 17.6. The van der Waals surface area contributed by atoms with Crippen molar-refractivity contribution in [3.8, 4) is 0 Å². The number of nitrogens with zero attached hydrogens (tertiary/aromatic N) is 2. The van der Waals surface area contributed by atoms with Crippen LogP contribution in [0.15, 0.2) is 42.6 Å². The monoisotopic (exact) mass is 268 g/mol. The summed E-state index contributed by atoms with van der Waals surface area (Å²) < 4.78 is 0. The molecule has 0 aliphatic carbocycles. The molecule has 4 nitrogen and oxygen atoms in total. The van der Waals surface area contributed by atoms with Crippen LogP contribution in [-0.2, 0) is 6.42 Å². The van der Waals surface area contributed by atoms with Crippen LogP contribution in [0.3, 0.4) is 0 Å². The van der Waals surface area contributed by atoms with Gasteiger partial charge in [0.15, 0.2) is 0 Å². The zero-order chi connectivity index (χ0) is 14.1. The number of carboxylic acids is 1. The largest absolute Gasteiger partial charge is 0.478 e. The lowest BCUT2D eigenvalue weighted by molar-refractivity contribution is 0.0697. The summed E-state index contributed by atoms with van der Waals surface area (Å²) in [7, 11) is 0. The highest BCUT2D eigenvalue weighted by Gasteiger charge is 2.25. The maximum absolute atomic E-state index is 11.1. The molecule has 0 fully saturated rings. The molecule has 1 aliphatic heterocycles. The van der Waals surface area contributed by atoms with Crippen molar-refractivity contribution in [3.63, 3.8) is 0 Å². The third-order valence-corrected chi connectivity index (χ3v) is 3.76. The molecule has 2 heterocycles. The molecule has 0 saturated carbocycles. The summed E-state index contributed by atoms with van der Waals surface area (Å²) in [5.41, 5.74) is 2.68. The van der Waals surface area contributed by atoms with Crippen LogP contribution in [0.25, 0.3) is 0 Å². The molecule has 4 heteroatoms. The lowest BCUT2D eigenvalue weighted by Crippen LogP contribution is -2.33. The van der Waals surface area contributed by atoms with E-state index in [1.807, 2.05) is 12.1 Å². The molecular weight excluding hydrogens is 252 g/mol. The van der Waals surface area contributed by atoms with E-state index in [1.54, 1.807) is 12.3 Å². The molecule has 0 amide bonds. The molecule has 20 heavy (non-hydrogen) atoms. The van der Waals surface area contributed by atoms with Gasteiger partial charge in [0.25, 0.3) is 0 Å². The molecule has 1 aromatic heterocycles. The first-order chi connectivity index (χ1) is 9.66. The summed E-state index contributed by atoms with van der Waals surface area (Å²) in [4.78, 5) is 17.6. The maximum Gasteiger partial charge on any atom is 0.335 e. The van der Waals surface area contributed by atoms with Gasteiger partial charge in [-0.05, 0) is 43.5 Å². The highest BCUT2D eigenvalue weighted by molar-refractivity contribution is 5.88. The Labute approximate surface area is 117 Å². The molecule has 0 saturated heterocycles. The van der Waals surface area contributed by atoms with Crippen LogP contribution in [0, 0.1) is 0 Å². The lowest BCUT2D eigenvalue weighted by Gasteiger charge is -2.36. The van der Waals surface area contributed by atoms with Crippen molar-refractivity contribution in [2.24, 2.45) is 0 Å². The molecule has 1 aromatic carbocycles. The Morgan fingerprint density at radius 1 is 1.35 bits per heavy atom. The SMILES string of the molecule is CC1CCc2ccccc2N1c1cc(C(=O)O)ccn1. The minimum Gasteiger partial charge on any atom is -0.478 e. The Hall–Kier alpha value is -2.36. The molecule has 1 unspecified atom stereocenters. The number of aryl methyl sites for hydroxylation is 1. The molecule has 1 aliphatic rings. The quantitative estimate of drug-likeness (QED) is 0.908. The number of aromatic carboxylic acids is 1. The van der Waals surface area contributed by atoms with Gasteiger partial charge in [0.05, 0.1) is 5.56 Å². The fourth-order valence-electron chi connectivity index (χ4n) is 2.72. The van der Waals surface area contributed by atoms with Crippen LogP contribution in [-0.4, -0.2) is 22.1 Å². The average Bonchev–Trinajstić information content (AvgIpc) is 2.47. The van der Waals surface area contributed by atoms with Gasteiger partial charge in [-0.1, -0.05) is 18.2 Å². The van der Waals surface area contributed by atoms with E-state index in [0.29, 0.717) is 11.9 Å². The topological polar surface area (TPSA) is 53.4 Å². The fraction of sp³-hybridized carbons (Fsp3) is 0.250. The summed E-state index contributed by atoms with van der Waals surface area (Å²) >= 11 is 0. The number of fused-ring (bicyclic) bond motifs is 1. The number of hydrogen-bond acceptors (Lipinski definition) is 3. The molecule has 0 bridgehead atoms. The van der Waals surface area contributed by atoms with E-state index in [1.165, 1.54) is 11.6 Å². The van der Waals surface area contributed by atoms with Gasteiger partial charge < -0.3 is 10.0 Å². The Morgan fingerprint density at radius 3 is 2.95 bits per heavy atom. The fourth-order valence-corrected chi connectivity index (χ4v) is 2.72. The molecule has 1 N–H and O–H groups in total. The first kappa shape index (κ1) is 12.7. The van der Waals surface area contributed by atoms with Crippen molar-refractivity contribution in [1.29, 1.82) is 0 Å². The number of para-hydroxylation sites is 1. The molecule has 102 valence electrons. The van der Waals surface area contributed by atoms with Crippen molar-refractivity contribution in [3.05, 3.63) is 53.7 Å². The molecular formula is C16H16N2O2. The summed E-state index contributed by atoms with van der Waals surface area (Å²) in [5.74, 6) is -0.226. The second kappa shape index (κ2) is 4.96. The number of carbonyl (C=O) groups is 1. The minimum atomic E-state index is -0.924. The summed E-state index contributed by atoms with van der Waals surface area (Å²) in [5, 5.41) is 9.12. The number of pyridine rings is 1. The molecule has 1 atom stereocenters. The third-order valence-electron chi connectivity index (χ3n) is 3.76. The summed E-state index contributed by atoms with van der Waals surface area (Å²) in [6, 6.07) is 11.7. The molecule has 0 radical (unpaired) electrons. The lowest BCUT2D eigenvalue weighted by atomic mass is 9.96. The minimum absolute atomic E-state index is 0.269. The van der Waals surface area contributed by atoms with Crippen molar-refractivity contribution >= 4 is 17.5 Å². The average molecular weight is 268 g/mol. The molecule has 2 aromatic rings. The predicted molar refractivity (Wildman–Crippen MR) is 77.6 cm³/mol. The van der Waals surface area contributed by atoms with E-state index in [2.05, 4.69) is 28.9 Å². The van der Waals surface area contributed by atoms with Crippen molar-refractivity contribution in [1.82, 2.24) is 4.98 Å². The van der Waals surface area contributed by atoms with Crippen molar-refractivity contribution in [2.75, 3.05) is 4.90 Å². The second-order valence-electron chi connectivity index (χ2n) is 5.09. The molecule has 0 spiro atoms. The number of anilines is 2.